The number of nitrogens with one attached hydrogen (secondary N) is 1. The first kappa shape index (κ1) is 23.3. The van der Waals surface area contributed by atoms with Crippen molar-refractivity contribution in [2.24, 2.45) is 16.8 Å². The Morgan fingerprint density at radius 2 is 1.79 bits per heavy atom. The molecule has 6 nitrogen and oxygen atoms in total. The fourth-order valence-corrected chi connectivity index (χ4v) is 4.73. The van der Waals surface area contributed by atoms with Crippen molar-refractivity contribution in [3.05, 3.63) is 24.3 Å². The van der Waals surface area contributed by atoms with E-state index in [1.54, 1.807) is 24.3 Å². The molecule has 1 aliphatic carbocycles. The number of ether oxygens (including phenoxy) is 1. The van der Waals surface area contributed by atoms with Crippen molar-refractivity contribution in [3.8, 4) is 5.75 Å². The van der Waals surface area contributed by atoms with Crippen molar-refractivity contribution in [1.29, 1.82) is 0 Å². The molecule has 2 atom stereocenters. The molecule has 1 aliphatic heterocycles. The van der Waals surface area contributed by atoms with Crippen LogP contribution in [-0.4, -0.2) is 58.3 Å². The first-order valence-electron chi connectivity index (χ1n) is 9.93. The number of aliphatic imine (C=N–C) groups is 1. The van der Waals surface area contributed by atoms with Crippen molar-refractivity contribution in [2.75, 3.05) is 39.0 Å². The molecule has 1 aromatic rings. The number of halogens is 1. The number of hydrogen-bond donors (Lipinski definition) is 1. The molecule has 28 heavy (non-hydrogen) atoms. The van der Waals surface area contributed by atoms with Gasteiger partial charge < -0.3 is 15.0 Å². The zero-order valence-corrected chi connectivity index (χ0v) is 19.9. The fourth-order valence-electron chi connectivity index (χ4n) is 4.10. The summed E-state index contributed by atoms with van der Waals surface area (Å²) in [6.07, 6.45) is 6.65. The highest BCUT2D eigenvalue weighted by atomic mass is 127. The molecule has 8 heteroatoms. The van der Waals surface area contributed by atoms with E-state index in [9.17, 15) is 8.42 Å². The maximum atomic E-state index is 11.5. The average molecular weight is 521 g/mol. The molecule has 1 aromatic carbocycles. The molecule has 158 valence electrons. The van der Waals surface area contributed by atoms with Gasteiger partial charge in [0, 0.05) is 25.9 Å². The van der Waals surface area contributed by atoms with Crippen molar-refractivity contribution in [1.82, 2.24) is 10.2 Å². The molecule has 0 amide bonds. The molecule has 1 N–H and O–H groups in total. The third-order valence-electron chi connectivity index (χ3n) is 5.48. The first-order valence-corrected chi connectivity index (χ1v) is 11.8. The molecule has 1 heterocycles. The Hall–Kier alpha value is -1.03. The maximum absolute atomic E-state index is 11.5. The first-order chi connectivity index (χ1) is 13.0. The predicted molar refractivity (Wildman–Crippen MR) is 123 cm³/mol. The Kier molecular flexibility index (Phi) is 8.85. The van der Waals surface area contributed by atoms with E-state index >= 15 is 0 Å². The van der Waals surface area contributed by atoms with Gasteiger partial charge in [0.15, 0.2) is 15.8 Å². The van der Waals surface area contributed by atoms with E-state index in [0.29, 0.717) is 23.8 Å². The Morgan fingerprint density at radius 1 is 1.18 bits per heavy atom. The van der Waals surface area contributed by atoms with Crippen LogP contribution in [0.25, 0.3) is 0 Å². The van der Waals surface area contributed by atoms with E-state index in [2.05, 4.69) is 17.1 Å². The smallest absolute Gasteiger partial charge is 0.194 e. The molecule has 2 fully saturated rings. The number of rotatable bonds is 6. The Morgan fingerprint density at radius 3 is 2.32 bits per heavy atom. The molecule has 0 aromatic heterocycles. The van der Waals surface area contributed by atoms with Crippen LogP contribution in [0.3, 0.4) is 0 Å². The summed E-state index contributed by atoms with van der Waals surface area (Å²) in [5.74, 6) is 3.30. The second kappa shape index (κ2) is 10.7. The lowest BCUT2D eigenvalue weighted by molar-refractivity contribution is 0.299. The van der Waals surface area contributed by atoms with Gasteiger partial charge in [-0.25, -0.2) is 13.4 Å². The van der Waals surface area contributed by atoms with Crippen LogP contribution in [0, 0.1) is 11.8 Å². The summed E-state index contributed by atoms with van der Waals surface area (Å²) in [7, 11) is -3.17. The lowest BCUT2D eigenvalue weighted by Gasteiger charge is -2.22. The van der Waals surface area contributed by atoms with E-state index < -0.39 is 9.84 Å². The van der Waals surface area contributed by atoms with Gasteiger partial charge in [0.2, 0.25) is 0 Å². The number of fused-ring (bicyclic) bond motifs is 1. The summed E-state index contributed by atoms with van der Waals surface area (Å²) >= 11 is 0. The van der Waals surface area contributed by atoms with E-state index in [0.717, 1.165) is 37.4 Å². The van der Waals surface area contributed by atoms with Crippen LogP contribution in [0.5, 0.6) is 5.75 Å². The van der Waals surface area contributed by atoms with Crippen LogP contribution in [0.2, 0.25) is 0 Å². The molecule has 0 radical (unpaired) electrons. The molecular formula is C20H32IN3O3S. The van der Waals surface area contributed by atoms with Gasteiger partial charge in [-0.3, -0.25) is 0 Å². The summed E-state index contributed by atoms with van der Waals surface area (Å²) in [5.41, 5.74) is 0. The van der Waals surface area contributed by atoms with Gasteiger partial charge in [0.25, 0.3) is 0 Å². The van der Waals surface area contributed by atoms with Crippen LogP contribution in [0.15, 0.2) is 34.2 Å². The Bertz CT molecular complexity index is 738. The summed E-state index contributed by atoms with van der Waals surface area (Å²) in [6, 6.07) is 6.53. The van der Waals surface area contributed by atoms with Crippen molar-refractivity contribution >= 4 is 39.8 Å². The summed E-state index contributed by atoms with van der Waals surface area (Å²) in [5, 5.41) is 3.41. The third-order valence-corrected chi connectivity index (χ3v) is 6.61. The van der Waals surface area contributed by atoms with Gasteiger partial charge in [0.05, 0.1) is 11.4 Å². The SMILES string of the molecule is CCNC(=NCCOc1ccc(S(C)(=O)=O)cc1)N1CC2CCCCC2C1.I. The number of guanidine groups is 1. The van der Waals surface area contributed by atoms with Gasteiger partial charge in [-0.15, -0.1) is 24.0 Å². The molecule has 1 saturated heterocycles. The fraction of sp³-hybridized carbons (Fsp3) is 0.650. The zero-order valence-electron chi connectivity index (χ0n) is 16.8. The third kappa shape index (κ3) is 6.23. The highest BCUT2D eigenvalue weighted by Gasteiger charge is 2.35. The second-order valence-electron chi connectivity index (χ2n) is 7.54. The predicted octanol–water partition coefficient (Wildman–Crippen LogP) is 3.17. The van der Waals surface area contributed by atoms with E-state index in [4.69, 9.17) is 9.73 Å². The summed E-state index contributed by atoms with van der Waals surface area (Å²) in [4.78, 5) is 7.45. The monoisotopic (exact) mass is 521 g/mol. The summed E-state index contributed by atoms with van der Waals surface area (Å²) < 4.78 is 28.7. The molecule has 0 bridgehead atoms. The van der Waals surface area contributed by atoms with Crippen molar-refractivity contribution in [3.63, 3.8) is 0 Å². The quantitative estimate of drug-likeness (QED) is 0.270. The van der Waals surface area contributed by atoms with Crippen molar-refractivity contribution < 1.29 is 13.2 Å². The van der Waals surface area contributed by atoms with Crippen LogP contribution in [-0.2, 0) is 9.84 Å². The number of nitrogens with zero attached hydrogens (tertiary/aromatic N) is 2. The zero-order chi connectivity index (χ0) is 19.3. The second-order valence-corrected chi connectivity index (χ2v) is 9.55. The van der Waals surface area contributed by atoms with Gasteiger partial charge >= 0.3 is 0 Å². The lowest BCUT2D eigenvalue weighted by Crippen LogP contribution is -2.40. The normalized spacial score (nSPS) is 22.4. The maximum Gasteiger partial charge on any atom is 0.194 e. The molecule has 3 rings (SSSR count). The number of sulfone groups is 1. The van der Waals surface area contributed by atoms with Crippen molar-refractivity contribution in [2.45, 2.75) is 37.5 Å². The standard InChI is InChI=1S/C20H31N3O3S.HI/c1-3-21-20(23-14-16-6-4-5-7-17(16)15-23)22-12-13-26-18-8-10-19(11-9-18)27(2,24)25;/h8-11,16-17H,3-7,12-15H2,1-2H3,(H,21,22);1H. The van der Waals surface area contributed by atoms with E-state index in [1.165, 1.54) is 31.9 Å². The molecule has 0 spiro atoms. The Balaban J connectivity index is 0.00000280. The van der Waals surface area contributed by atoms with Gasteiger partial charge in [-0.2, -0.15) is 0 Å². The Labute approximate surface area is 186 Å². The largest absolute Gasteiger partial charge is 0.492 e. The topological polar surface area (TPSA) is 71.0 Å². The average Bonchev–Trinajstić information content (AvgIpc) is 3.08. The number of likely N-dealkylation sites (tertiary alicyclic amines) is 1. The number of benzene rings is 1. The number of hydrogen-bond acceptors (Lipinski definition) is 4. The van der Waals surface area contributed by atoms with Crippen LogP contribution >= 0.6 is 24.0 Å². The van der Waals surface area contributed by atoms with Crippen LogP contribution in [0.4, 0.5) is 0 Å². The van der Waals surface area contributed by atoms with Crippen LogP contribution in [0.1, 0.15) is 32.6 Å². The molecule has 1 saturated carbocycles. The minimum Gasteiger partial charge on any atom is -0.492 e. The van der Waals surface area contributed by atoms with Gasteiger partial charge in [-0.05, 0) is 55.9 Å². The van der Waals surface area contributed by atoms with E-state index in [-0.39, 0.29) is 24.0 Å². The minimum absolute atomic E-state index is 0. The molecule has 2 aliphatic rings. The minimum atomic E-state index is -3.17. The van der Waals surface area contributed by atoms with Gasteiger partial charge in [0.1, 0.15) is 12.4 Å². The highest BCUT2D eigenvalue weighted by molar-refractivity contribution is 14.0. The summed E-state index contributed by atoms with van der Waals surface area (Å²) in [6.45, 7) is 6.22. The molecular weight excluding hydrogens is 489 g/mol. The highest BCUT2D eigenvalue weighted by Crippen LogP contribution is 2.35. The van der Waals surface area contributed by atoms with Gasteiger partial charge in [-0.1, -0.05) is 12.8 Å². The molecule has 2 unspecified atom stereocenters. The van der Waals surface area contributed by atoms with Crippen LogP contribution < -0.4 is 10.1 Å². The van der Waals surface area contributed by atoms with E-state index in [1.807, 2.05) is 0 Å². The lowest BCUT2D eigenvalue weighted by atomic mass is 9.82.